The Kier molecular flexibility index (Phi) is 8.12. The van der Waals surface area contributed by atoms with Gasteiger partial charge in [0.1, 0.15) is 0 Å². The smallest absolute Gasteiger partial charge is 0.291 e. The maximum absolute atomic E-state index is 12.2. The molecule has 5 heteroatoms. The molecule has 0 bridgehead atoms. The normalized spacial score (nSPS) is 11.3. The monoisotopic (exact) mass is 292 g/mol. The summed E-state index contributed by atoms with van der Waals surface area (Å²) in [5.74, 6) is -0.208. The van der Waals surface area contributed by atoms with Gasteiger partial charge < -0.3 is 9.47 Å². The molecule has 0 atom stereocenters. The van der Waals surface area contributed by atoms with Crippen molar-refractivity contribution in [3.63, 3.8) is 0 Å². The third kappa shape index (κ3) is 6.90. The van der Waals surface area contributed by atoms with Crippen LogP contribution in [0.3, 0.4) is 0 Å². The topological polar surface area (TPSA) is 59.9 Å². The van der Waals surface area contributed by atoms with Crippen molar-refractivity contribution in [2.24, 2.45) is 4.99 Å². The van der Waals surface area contributed by atoms with E-state index in [-0.39, 0.29) is 11.9 Å². The number of carbonyl (C=O) groups is 1. The maximum Gasteiger partial charge on any atom is 0.291 e. The van der Waals surface area contributed by atoms with Gasteiger partial charge in [0.15, 0.2) is 0 Å². The van der Waals surface area contributed by atoms with Crippen molar-refractivity contribution < 1.29 is 14.3 Å². The fraction of sp³-hybridized carbons (Fsp3) is 0.500. The second-order valence-corrected chi connectivity index (χ2v) is 4.71. The summed E-state index contributed by atoms with van der Waals surface area (Å²) < 4.78 is 10.4. The maximum atomic E-state index is 12.2. The van der Waals surface area contributed by atoms with Crippen LogP contribution in [-0.2, 0) is 9.47 Å². The standard InChI is InChI=1S/C16H24N2O3/c1-4-10-21-16(17-9-6-11-20-3)18-15(19)14-8-5-7-13(2)12-14/h5,7-8,12H,4,6,9-11H2,1-3H3,(H,17,18,19). The summed E-state index contributed by atoms with van der Waals surface area (Å²) in [6, 6.07) is 7.68. The summed E-state index contributed by atoms with van der Waals surface area (Å²) in [7, 11) is 1.65. The Morgan fingerprint density at radius 3 is 2.81 bits per heavy atom. The Labute approximate surface area is 126 Å². The minimum Gasteiger partial charge on any atom is -0.465 e. The molecule has 0 heterocycles. The first-order valence-corrected chi connectivity index (χ1v) is 7.21. The molecule has 0 unspecified atom stereocenters. The van der Waals surface area contributed by atoms with Crippen molar-refractivity contribution in [2.45, 2.75) is 26.7 Å². The molecule has 1 amide bonds. The van der Waals surface area contributed by atoms with Crippen molar-refractivity contribution in [1.82, 2.24) is 5.32 Å². The molecule has 1 aromatic carbocycles. The second-order valence-electron chi connectivity index (χ2n) is 4.71. The van der Waals surface area contributed by atoms with Crippen molar-refractivity contribution in [3.8, 4) is 0 Å². The van der Waals surface area contributed by atoms with E-state index in [2.05, 4.69) is 10.3 Å². The molecule has 0 aromatic heterocycles. The van der Waals surface area contributed by atoms with Gasteiger partial charge in [0.2, 0.25) is 0 Å². The molecule has 1 rings (SSSR count). The molecule has 0 saturated carbocycles. The third-order valence-corrected chi connectivity index (χ3v) is 2.71. The average Bonchev–Trinajstić information content (AvgIpc) is 2.48. The summed E-state index contributed by atoms with van der Waals surface area (Å²) in [5.41, 5.74) is 1.63. The first kappa shape index (κ1) is 17.2. The molecule has 21 heavy (non-hydrogen) atoms. The number of amidine groups is 1. The van der Waals surface area contributed by atoms with E-state index in [0.29, 0.717) is 25.3 Å². The molecule has 0 radical (unpaired) electrons. The quantitative estimate of drug-likeness (QED) is 0.477. The van der Waals surface area contributed by atoms with Crippen LogP contribution in [0, 0.1) is 6.92 Å². The summed E-state index contributed by atoms with van der Waals surface area (Å²) in [6.07, 6.45) is 1.65. The predicted molar refractivity (Wildman–Crippen MR) is 83.7 cm³/mol. The van der Waals surface area contributed by atoms with Gasteiger partial charge in [-0.05, 0) is 31.9 Å². The lowest BCUT2D eigenvalue weighted by molar-refractivity contribution is 0.0965. The van der Waals surface area contributed by atoms with Crippen LogP contribution in [0.5, 0.6) is 0 Å². The molecule has 0 aliphatic heterocycles. The summed E-state index contributed by atoms with van der Waals surface area (Å²) in [5, 5.41) is 2.72. The summed E-state index contributed by atoms with van der Waals surface area (Å²) in [4.78, 5) is 16.4. The number of benzene rings is 1. The minimum atomic E-state index is -0.208. The number of nitrogens with zero attached hydrogens (tertiary/aromatic N) is 1. The molecule has 0 spiro atoms. The molecular formula is C16H24N2O3. The van der Waals surface area contributed by atoms with Crippen LogP contribution in [-0.4, -0.2) is 38.8 Å². The van der Waals surface area contributed by atoms with Crippen molar-refractivity contribution in [3.05, 3.63) is 35.4 Å². The molecule has 0 saturated heterocycles. The van der Waals surface area contributed by atoms with E-state index >= 15 is 0 Å². The van der Waals surface area contributed by atoms with Crippen LogP contribution in [0.2, 0.25) is 0 Å². The SMILES string of the molecule is CCCOC(=NCCCOC)NC(=O)c1cccc(C)c1. The zero-order chi connectivity index (χ0) is 15.5. The highest BCUT2D eigenvalue weighted by atomic mass is 16.5. The minimum absolute atomic E-state index is 0.208. The average molecular weight is 292 g/mol. The number of nitrogens with one attached hydrogen (secondary N) is 1. The number of aryl methyl sites for hydroxylation is 1. The molecule has 0 fully saturated rings. The first-order valence-electron chi connectivity index (χ1n) is 7.21. The highest BCUT2D eigenvalue weighted by Crippen LogP contribution is 2.03. The molecular weight excluding hydrogens is 268 g/mol. The van der Waals surface area contributed by atoms with Gasteiger partial charge in [-0.15, -0.1) is 0 Å². The zero-order valence-electron chi connectivity index (χ0n) is 13.0. The molecule has 116 valence electrons. The van der Waals surface area contributed by atoms with Gasteiger partial charge in [-0.3, -0.25) is 10.1 Å². The molecule has 0 aliphatic rings. The molecule has 5 nitrogen and oxygen atoms in total. The largest absolute Gasteiger partial charge is 0.465 e. The van der Waals surface area contributed by atoms with E-state index in [4.69, 9.17) is 9.47 Å². The van der Waals surface area contributed by atoms with Gasteiger partial charge in [0.05, 0.1) is 6.61 Å². The van der Waals surface area contributed by atoms with Crippen molar-refractivity contribution >= 4 is 11.9 Å². The van der Waals surface area contributed by atoms with Crippen LogP contribution in [0.25, 0.3) is 0 Å². The lowest BCUT2D eigenvalue weighted by atomic mass is 10.1. The molecule has 1 N–H and O–H groups in total. The number of amides is 1. The highest BCUT2D eigenvalue weighted by Gasteiger charge is 2.09. The number of aliphatic imine (C=N–C) groups is 1. The summed E-state index contributed by atoms with van der Waals surface area (Å²) in [6.45, 7) is 5.67. The Hall–Kier alpha value is -1.88. The van der Waals surface area contributed by atoms with E-state index in [1.165, 1.54) is 0 Å². The van der Waals surface area contributed by atoms with Gasteiger partial charge in [0.25, 0.3) is 11.9 Å². The summed E-state index contributed by atoms with van der Waals surface area (Å²) >= 11 is 0. The molecule has 0 aliphatic carbocycles. The van der Waals surface area contributed by atoms with E-state index < -0.39 is 0 Å². The van der Waals surface area contributed by atoms with Gasteiger partial charge >= 0.3 is 0 Å². The number of ether oxygens (including phenoxy) is 2. The second kappa shape index (κ2) is 9.94. The number of carbonyl (C=O) groups excluding carboxylic acids is 1. The number of hydrogen-bond donors (Lipinski definition) is 1. The Balaban J connectivity index is 2.64. The van der Waals surface area contributed by atoms with Crippen LogP contribution in [0.4, 0.5) is 0 Å². The first-order chi connectivity index (χ1) is 10.2. The van der Waals surface area contributed by atoms with E-state index in [0.717, 1.165) is 18.4 Å². The van der Waals surface area contributed by atoms with Crippen molar-refractivity contribution in [1.29, 1.82) is 0 Å². The lowest BCUT2D eigenvalue weighted by Gasteiger charge is -2.10. The van der Waals surface area contributed by atoms with E-state index in [9.17, 15) is 4.79 Å². The van der Waals surface area contributed by atoms with E-state index in [1.807, 2.05) is 32.0 Å². The van der Waals surface area contributed by atoms with Crippen LogP contribution in [0.1, 0.15) is 35.7 Å². The van der Waals surface area contributed by atoms with Crippen molar-refractivity contribution in [2.75, 3.05) is 26.9 Å². The van der Waals surface area contributed by atoms with Gasteiger partial charge in [0, 0.05) is 25.8 Å². The van der Waals surface area contributed by atoms with Gasteiger partial charge in [-0.1, -0.05) is 24.6 Å². The van der Waals surface area contributed by atoms with Crippen LogP contribution < -0.4 is 5.32 Å². The fourth-order valence-corrected chi connectivity index (χ4v) is 1.67. The van der Waals surface area contributed by atoms with Crippen LogP contribution >= 0.6 is 0 Å². The fourth-order valence-electron chi connectivity index (χ4n) is 1.67. The Morgan fingerprint density at radius 1 is 1.33 bits per heavy atom. The number of rotatable bonds is 7. The third-order valence-electron chi connectivity index (χ3n) is 2.71. The number of methoxy groups -OCH3 is 1. The highest BCUT2D eigenvalue weighted by molar-refractivity contribution is 6.04. The zero-order valence-corrected chi connectivity index (χ0v) is 13.0. The van der Waals surface area contributed by atoms with Gasteiger partial charge in [-0.2, -0.15) is 0 Å². The number of hydrogen-bond acceptors (Lipinski definition) is 4. The molecule has 1 aromatic rings. The van der Waals surface area contributed by atoms with E-state index in [1.54, 1.807) is 13.2 Å². The predicted octanol–water partition coefficient (Wildman–Crippen LogP) is 2.54. The Bertz CT molecular complexity index is 472. The Morgan fingerprint density at radius 2 is 2.14 bits per heavy atom. The van der Waals surface area contributed by atoms with Crippen LogP contribution in [0.15, 0.2) is 29.3 Å². The van der Waals surface area contributed by atoms with Gasteiger partial charge in [-0.25, -0.2) is 4.99 Å². The lowest BCUT2D eigenvalue weighted by Crippen LogP contribution is -2.33.